The molecular formula is C11H9N2. The van der Waals surface area contributed by atoms with Crippen molar-refractivity contribution in [3.05, 3.63) is 48.4 Å². The lowest BCUT2D eigenvalue weighted by atomic mass is 10.1. The summed E-state index contributed by atoms with van der Waals surface area (Å²) in [5, 5.41) is 0. The van der Waals surface area contributed by atoms with Crippen molar-refractivity contribution >= 4 is 0 Å². The average Bonchev–Trinajstić information content (AvgIpc) is 2.20. The van der Waals surface area contributed by atoms with Gasteiger partial charge in [0.2, 0.25) is 0 Å². The van der Waals surface area contributed by atoms with Crippen LogP contribution in [0.4, 0.5) is 0 Å². The van der Waals surface area contributed by atoms with E-state index >= 15 is 0 Å². The highest BCUT2D eigenvalue weighted by Crippen LogP contribution is 2.18. The lowest BCUT2D eigenvalue weighted by Crippen LogP contribution is -1.88. The molecule has 2 heteroatoms. The van der Waals surface area contributed by atoms with E-state index in [1.54, 1.807) is 6.33 Å². The second-order valence-corrected chi connectivity index (χ2v) is 2.84. The molecule has 1 aromatic heterocycles. The molecule has 0 aliphatic carbocycles. The first-order chi connectivity index (χ1) is 6.38. The smallest absolute Gasteiger partial charge is 0.116 e. The monoisotopic (exact) mass is 169 g/mol. The van der Waals surface area contributed by atoms with Gasteiger partial charge in [-0.2, -0.15) is 0 Å². The molecule has 2 nitrogen and oxygen atoms in total. The number of benzene rings is 1. The van der Waals surface area contributed by atoms with Crippen molar-refractivity contribution in [1.29, 1.82) is 0 Å². The van der Waals surface area contributed by atoms with Gasteiger partial charge in [0, 0.05) is 11.8 Å². The molecule has 0 aliphatic rings. The van der Waals surface area contributed by atoms with Crippen LogP contribution in [0.25, 0.3) is 11.3 Å². The SMILES string of the molecule is Cc1cncnc1-c1cc[c]cc1. The van der Waals surface area contributed by atoms with Crippen LogP contribution < -0.4 is 0 Å². The molecule has 0 bridgehead atoms. The second kappa shape index (κ2) is 3.35. The molecule has 0 aliphatic heterocycles. The molecule has 13 heavy (non-hydrogen) atoms. The van der Waals surface area contributed by atoms with Gasteiger partial charge in [0.1, 0.15) is 6.33 Å². The zero-order valence-corrected chi connectivity index (χ0v) is 7.36. The fourth-order valence-corrected chi connectivity index (χ4v) is 1.25. The van der Waals surface area contributed by atoms with Crippen LogP contribution in [-0.4, -0.2) is 9.97 Å². The van der Waals surface area contributed by atoms with E-state index < -0.39 is 0 Å². The van der Waals surface area contributed by atoms with Gasteiger partial charge in [0.05, 0.1) is 5.69 Å². The Balaban J connectivity index is 2.54. The molecule has 0 amide bonds. The highest BCUT2D eigenvalue weighted by Gasteiger charge is 2.00. The maximum Gasteiger partial charge on any atom is 0.116 e. The molecule has 0 unspecified atom stereocenters. The molecular weight excluding hydrogens is 160 g/mol. The highest BCUT2D eigenvalue weighted by atomic mass is 14.8. The molecule has 0 saturated carbocycles. The van der Waals surface area contributed by atoms with Crippen LogP contribution in [-0.2, 0) is 0 Å². The van der Waals surface area contributed by atoms with Gasteiger partial charge in [0.15, 0.2) is 0 Å². The average molecular weight is 169 g/mol. The number of hydrogen-bond donors (Lipinski definition) is 0. The van der Waals surface area contributed by atoms with Gasteiger partial charge < -0.3 is 0 Å². The van der Waals surface area contributed by atoms with E-state index in [1.165, 1.54) is 0 Å². The summed E-state index contributed by atoms with van der Waals surface area (Å²) in [4.78, 5) is 8.18. The van der Waals surface area contributed by atoms with Crippen LogP contribution >= 0.6 is 0 Å². The Bertz CT molecular complexity index is 396. The van der Waals surface area contributed by atoms with Gasteiger partial charge >= 0.3 is 0 Å². The molecule has 2 rings (SSSR count). The first-order valence-electron chi connectivity index (χ1n) is 4.11. The van der Waals surface area contributed by atoms with E-state index in [2.05, 4.69) is 16.0 Å². The molecule has 0 spiro atoms. The Hall–Kier alpha value is -1.70. The molecule has 2 aromatic rings. The van der Waals surface area contributed by atoms with Crippen molar-refractivity contribution in [3.63, 3.8) is 0 Å². The lowest BCUT2D eigenvalue weighted by Gasteiger charge is -2.02. The van der Waals surface area contributed by atoms with Gasteiger partial charge in [-0.05, 0) is 18.6 Å². The van der Waals surface area contributed by atoms with Crippen LogP contribution in [0.1, 0.15) is 5.56 Å². The summed E-state index contributed by atoms with van der Waals surface area (Å²) >= 11 is 0. The van der Waals surface area contributed by atoms with Crippen LogP contribution in [0, 0.1) is 13.0 Å². The van der Waals surface area contributed by atoms with E-state index in [0.29, 0.717) is 0 Å². The Morgan fingerprint density at radius 2 is 2.00 bits per heavy atom. The molecule has 0 N–H and O–H groups in total. The number of nitrogens with zero attached hydrogens (tertiary/aromatic N) is 2. The summed E-state index contributed by atoms with van der Waals surface area (Å²) in [6.45, 7) is 2.01. The Morgan fingerprint density at radius 1 is 1.23 bits per heavy atom. The van der Waals surface area contributed by atoms with Crippen LogP contribution in [0.2, 0.25) is 0 Å². The lowest BCUT2D eigenvalue weighted by molar-refractivity contribution is 1.13. The molecule has 1 heterocycles. The van der Waals surface area contributed by atoms with Crippen molar-refractivity contribution in [2.75, 3.05) is 0 Å². The Kier molecular flexibility index (Phi) is 2.04. The minimum Gasteiger partial charge on any atom is -0.245 e. The fraction of sp³-hybridized carbons (Fsp3) is 0.0909. The normalized spacial score (nSPS) is 9.92. The van der Waals surface area contributed by atoms with Crippen molar-refractivity contribution in [3.8, 4) is 11.3 Å². The standard InChI is InChI=1S/C11H9N2/c1-9-7-12-8-13-11(9)10-5-3-2-4-6-10/h3-8H,1H3. The first-order valence-corrected chi connectivity index (χ1v) is 4.11. The molecule has 0 saturated heterocycles. The largest absolute Gasteiger partial charge is 0.245 e. The summed E-state index contributed by atoms with van der Waals surface area (Å²) in [6.07, 6.45) is 3.39. The quantitative estimate of drug-likeness (QED) is 0.654. The third kappa shape index (κ3) is 1.56. The van der Waals surface area contributed by atoms with Gasteiger partial charge in [-0.3, -0.25) is 0 Å². The van der Waals surface area contributed by atoms with Crippen LogP contribution in [0.15, 0.2) is 36.8 Å². The Labute approximate surface area is 77.3 Å². The van der Waals surface area contributed by atoms with Crippen molar-refractivity contribution in [1.82, 2.24) is 9.97 Å². The van der Waals surface area contributed by atoms with Crippen molar-refractivity contribution in [2.24, 2.45) is 0 Å². The maximum absolute atomic E-state index is 4.22. The van der Waals surface area contributed by atoms with E-state index in [0.717, 1.165) is 16.8 Å². The highest BCUT2D eigenvalue weighted by molar-refractivity contribution is 5.61. The van der Waals surface area contributed by atoms with Crippen LogP contribution in [0.3, 0.4) is 0 Å². The minimum atomic E-state index is 0.990. The number of hydrogen-bond acceptors (Lipinski definition) is 2. The zero-order chi connectivity index (χ0) is 9.10. The van der Waals surface area contributed by atoms with Gasteiger partial charge in [0.25, 0.3) is 0 Å². The summed E-state index contributed by atoms with van der Waals surface area (Å²) in [5.41, 5.74) is 3.19. The van der Waals surface area contributed by atoms with Gasteiger partial charge in [-0.1, -0.05) is 24.3 Å². The predicted octanol–water partition coefficient (Wildman–Crippen LogP) is 2.25. The third-order valence-corrected chi connectivity index (χ3v) is 1.89. The van der Waals surface area contributed by atoms with Crippen molar-refractivity contribution in [2.45, 2.75) is 6.92 Å². The Morgan fingerprint density at radius 3 is 2.69 bits per heavy atom. The summed E-state index contributed by atoms with van der Waals surface area (Å²) in [6, 6.07) is 10.7. The second-order valence-electron chi connectivity index (χ2n) is 2.84. The minimum absolute atomic E-state index is 0.990. The summed E-state index contributed by atoms with van der Waals surface area (Å²) in [7, 11) is 0. The molecule has 0 atom stereocenters. The predicted molar refractivity (Wildman–Crippen MR) is 51.0 cm³/mol. The van der Waals surface area contributed by atoms with E-state index in [4.69, 9.17) is 0 Å². The van der Waals surface area contributed by atoms with Crippen LogP contribution in [0.5, 0.6) is 0 Å². The molecule has 0 fully saturated rings. The van der Waals surface area contributed by atoms with Crippen molar-refractivity contribution < 1.29 is 0 Å². The van der Waals surface area contributed by atoms with E-state index in [1.807, 2.05) is 37.4 Å². The van der Waals surface area contributed by atoms with Gasteiger partial charge in [-0.15, -0.1) is 0 Å². The fourth-order valence-electron chi connectivity index (χ4n) is 1.25. The van der Waals surface area contributed by atoms with Gasteiger partial charge in [-0.25, -0.2) is 9.97 Å². The first kappa shape index (κ1) is 7.92. The van der Waals surface area contributed by atoms with E-state index in [9.17, 15) is 0 Å². The third-order valence-electron chi connectivity index (χ3n) is 1.89. The number of rotatable bonds is 1. The number of aromatic nitrogens is 2. The molecule has 63 valence electrons. The summed E-state index contributed by atoms with van der Waals surface area (Å²) < 4.78 is 0. The zero-order valence-electron chi connectivity index (χ0n) is 7.36. The molecule has 1 aromatic carbocycles. The summed E-state index contributed by atoms with van der Waals surface area (Å²) in [5.74, 6) is 0. The maximum atomic E-state index is 4.22. The number of aryl methyl sites for hydroxylation is 1. The van der Waals surface area contributed by atoms with E-state index in [-0.39, 0.29) is 0 Å². The molecule has 1 radical (unpaired) electrons. The topological polar surface area (TPSA) is 25.8 Å².